The van der Waals surface area contributed by atoms with Crippen molar-refractivity contribution in [2.45, 2.75) is 38.8 Å². The van der Waals surface area contributed by atoms with E-state index in [0.717, 1.165) is 0 Å². The molecule has 1 aliphatic carbocycles. The molecule has 0 aromatic carbocycles. The van der Waals surface area contributed by atoms with Crippen LogP contribution in [0.2, 0.25) is 0 Å². The minimum Gasteiger partial charge on any atom is -0.364 e. The maximum atomic E-state index is 12.9. The van der Waals surface area contributed by atoms with Crippen LogP contribution in [0.3, 0.4) is 0 Å². The number of halogens is 2. The van der Waals surface area contributed by atoms with E-state index in [9.17, 15) is 18.4 Å². The van der Waals surface area contributed by atoms with Gasteiger partial charge in [-0.15, -0.1) is 0 Å². The molecule has 3 aromatic heterocycles. The quantitative estimate of drug-likeness (QED) is 0.619. The van der Waals surface area contributed by atoms with Gasteiger partial charge in [0.25, 0.3) is 11.8 Å². The summed E-state index contributed by atoms with van der Waals surface area (Å²) in [4.78, 5) is 32.5. The minimum absolute atomic E-state index is 0.123. The Bertz CT molecular complexity index is 1080. The molecule has 2 N–H and O–H groups in total. The molecule has 29 heavy (non-hydrogen) atoms. The van der Waals surface area contributed by atoms with E-state index in [2.05, 4.69) is 25.8 Å². The van der Waals surface area contributed by atoms with E-state index in [-0.39, 0.29) is 37.5 Å². The molecule has 3 aromatic rings. The molecule has 3 heterocycles. The van der Waals surface area contributed by atoms with Gasteiger partial charge in [-0.1, -0.05) is 5.16 Å². The maximum Gasteiger partial charge on any atom is 0.274 e. The number of hydrogen-bond donors (Lipinski definition) is 2. The Morgan fingerprint density at radius 1 is 1.28 bits per heavy atom. The summed E-state index contributed by atoms with van der Waals surface area (Å²) in [6.07, 6.45) is 4.41. The minimum atomic E-state index is -2.71. The molecule has 0 radical (unpaired) electrons. The number of alkyl halides is 2. The molecule has 0 aliphatic heterocycles. The number of imidazole rings is 1. The number of amides is 2. The molecule has 152 valence electrons. The highest BCUT2D eigenvalue weighted by Crippen LogP contribution is 2.50. The number of aromatic nitrogens is 4. The predicted octanol–water partition coefficient (Wildman–Crippen LogP) is 1.62. The van der Waals surface area contributed by atoms with Crippen LogP contribution in [0.4, 0.5) is 8.78 Å². The van der Waals surface area contributed by atoms with E-state index in [1.165, 1.54) is 6.26 Å². The Morgan fingerprint density at radius 3 is 2.69 bits per heavy atom. The molecule has 1 fully saturated rings. The normalized spacial score (nSPS) is 17.3. The lowest BCUT2D eigenvalue weighted by atomic mass is 10.2. The highest BCUT2D eigenvalue weighted by atomic mass is 19.3. The summed E-state index contributed by atoms with van der Waals surface area (Å²) in [7, 11) is 0. The van der Waals surface area contributed by atoms with E-state index in [0.29, 0.717) is 22.7 Å². The molecule has 4 rings (SSSR count). The van der Waals surface area contributed by atoms with Gasteiger partial charge in [-0.3, -0.25) is 14.0 Å². The first-order valence-electron chi connectivity index (χ1n) is 8.99. The van der Waals surface area contributed by atoms with Crippen LogP contribution < -0.4 is 10.6 Å². The molecule has 0 spiro atoms. The molecule has 0 saturated heterocycles. The summed E-state index contributed by atoms with van der Waals surface area (Å²) in [5.74, 6) is -3.96. The lowest BCUT2D eigenvalue weighted by molar-refractivity contribution is -0.122. The van der Waals surface area contributed by atoms with E-state index in [1.54, 1.807) is 29.8 Å². The number of carbonyl (C=O) groups excluding carboxylic acids is 2. The van der Waals surface area contributed by atoms with Crippen LogP contribution in [0, 0.1) is 12.8 Å². The third-order valence-corrected chi connectivity index (χ3v) is 4.68. The van der Waals surface area contributed by atoms with E-state index < -0.39 is 17.7 Å². The Balaban J connectivity index is 1.33. The Kier molecular flexibility index (Phi) is 4.73. The average molecular weight is 404 g/mol. The van der Waals surface area contributed by atoms with Crippen LogP contribution in [0.15, 0.2) is 29.2 Å². The number of carbonyl (C=O) groups is 2. The summed E-state index contributed by atoms with van der Waals surface area (Å²) in [6.45, 7) is 2.02. The van der Waals surface area contributed by atoms with Gasteiger partial charge < -0.3 is 15.2 Å². The fourth-order valence-electron chi connectivity index (χ4n) is 2.88. The Morgan fingerprint density at radius 2 is 2.00 bits per heavy atom. The fourth-order valence-corrected chi connectivity index (χ4v) is 2.88. The zero-order chi connectivity index (χ0) is 20.6. The zero-order valence-corrected chi connectivity index (χ0v) is 15.5. The highest BCUT2D eigenvalue weighted by Gasteiger charge is 2.57. The van der Waals surface area contributed by atoms with Crippen molar-refractivity contribution in [3.63, 3.8) is 0 Å². The third kappa shape index (κ3) is 4.23. The van der Waals surface area contributed by atoms with Crippen molar-refractivity contribution >= 4 is 17.6 Å². The van der Waals surface area contributed by atoms with Crippen LogP contribution in [-0.4, -0.2) is 37.3 Å². The van der Waals surface area contributed by atoms with E-state index >= 15 is 0 Å². The van der Waals surface area contributed by atoms with Gasteiger partial charge in [0.15, 0.2) is 5.69 Å². The van der Waals surface area contributed by atoms with Crippen LogP contribution in [0.1, 0.15) is 40.3 Å². The second kappa shape index (κ2) is 7.22. The van der Waals surface area contributed by atoms with Crippen molar-refractivity contribution in [1.29, 1.82) is 0 Å². The summed E-state index contributed by atoms with van der Waals surface area (Å²) in [5.41, 5.74) is 1.99. The summed E-state index contributed by atoms with van der Waals surface area (Å²) in [5, 5.41) is 8.95. The second-order valence-electron chi connectivity index (χ2n) is 7.03. The van der Waals surface area contributed by atoms with Crippen LogP contribution >= 0.6 is 0 Å². The Labute approximate surface area is 163 Å². The van der Waals surface area contributed by atoms with Gasteiger partial charge in [-0.25, -0.2) is 18.7 Å². The van der Waals surface area contributed by atoms with Crippen LogP contribution in [-0.2, 0) is 17.9 Å². The molecule has 1 unspecified atom stereocenters. The third-order valence-electron chi connectivity index (χ3n) is 4.68. The molecular weight excluding hydrogens is 386 g/mol. The Hall–Kier alpha value is -3.37. The number of hydrogen-bond acceptors (Lipinski definition) is 6. The fraction of sp³-hybridized carbons (Fsp3) is 0.389. The summed E-state index contributed by atoms with van der Waals surface area (Å²) in [6, 6.07) is 1.70. The van der Waals surface area contributed by atoms with Crippen LogP contribution in [0.5, 0.6) is 0 Å². The summed E-state index contributed by atoms with van der Waals surface area (Å²) >= 11 is 0. The van der Waals surface area contributed by atoms with Crippen molar-refractivity contribution in [2.24, 2.45) is 5.92 Å². The predicted molar refractivity (Wildman–Crippen MR) is 94.9 cm³/mol. The molecular formula is C18H18F2N6O3. The van der Waals surface area contributed by atoms with Gasteiger partial charge in [-0.2, -0.15) is 0 Å². The van der Waals surface area contributed by atoms with Crippen molar-refractivity contribution in [1.82, 2.24) is 30.2 Å². The second-order valence-corrected chi connectivity index (χ2v) is 7.03. The van der Waals surface area contributed by atoms with Crippen molar-refractivity contribution in [3.8, 4) is 0 Å². The lowest BCUT2D eigenvalue weighted by Gasteiger charge is -2.04. The molecule has 1 atom stereocenters. The van der Waals surface area contributed by atoms with E-state index in [4.69, 9.17) is 4.52 Å². The first-order chi connectivity index (χ1) is 13.8. The van der Waals surface area contributed by atoms with Crippen molar-refractivity contribution in [3.05, 3.63) is 47.4 Å². The first-order valence-corrected chi connectivity index (χ1v) is 8.99. The standard InChI is InChI=1S/C18H18F2N6O3/c1-10-9-29-25-15(10)16(28)22-7-13-8-26-3-2-12(23-17(26)24-13)6-21-14(27)4-11-5-18(11,19)20/h2-3,8-9,11H,4-7H2,1H3,(H,21,27)(H,22,28). The number of nitrogens with one attached hydrogen (secondary N) is 2. The van der Waals surface area contributed by atoms with Gasteiger partial charge in [0.1, 0.15) is 6.26 Å². The van der Waals surface area contributed by atoms with Crippen LogP contribution in [0.25, 0.3) is 5.78 Å². The topological polar surface area (TPSA) is 114 Å². The highest BCUT2D eigenvalue weighted by molar-refractivity contribution is 5.93. The molecule has 9 nitrogen and oxygen atoms in total. The maximum absolute atomic E-state index is 12.9. The number of aryl methyl sites for hydroxylation is 1. The zero-order valence-electron chi connectivity index (χ0n) is 15.5. The van der Waals surface area contributed by atoms with Crippen molar-refractivity contribution < 1.29 is 22.9 Å². The SMILES string of the molecule is Cc1conc1C(=O)NCc1cn2ccc(CNC(=O)CC3CC3(F)F)nc2n1. The number of fused-ring (bicyclic) bond motifs is 1. The van der Waals surface area contributed by atoms with Gasteiger partial charge in [0.2, 0.25) is 11.7 Å². The monoisotopic (exact) mass is 404 g/mol. The smallest absolute Gasteiger partial charge is 0.274 e. The molecule has 2 amide bonds. The first kappa shape index (κ1) is 19.0. The molecule has 1 aliphatic rings. The summed E-state index contributed by atoms with van der Waals surface area (Å²) < 4.78 is 32.2. The van der Waals surface area contributed by atoms with Gasteiger partial charge >= 0.3 is 0 Å². The number of rotatable bonds is 7. The van der Waals surface area contributed by atoms with Gasteiger partial charge in [-0.05, 0) is 13.0 Å². The van der Waals surface area contributed by atoms with Gasteiger partial charge in [0.05, 0.1) is 24.5 Å². The lowest BCUT2D eigenvalue weighted by Crippen LogP contribution is -2.24. The molecule has 1 saturated carbocycles. The largest absolute Gasteiger partial charge is 0.364 e. The molecule has 0 bridgehead atoms. The van der Waals surface area contributed by atoms with Gasteiger partial charge in [0, 0.05) is 36.7 Å². The molecule has 11 heteroatoms. The average Bonchev–Trinajstić information content (AvgIpc) is 3.04. The number of nitrogens with zero attached hydrogens (tertiary/aromatic N) is 4. The van der Waals surface area contributed by atoms with E-state index in [1.807, 2.05) is 0 Å². The van der Waals surface area contributed by atoms with Crippen molar-refractivity contribution in [2.75, 3.05) is 0 Å².